The molecule has 0 aromatic carbocycles. The molecule has 2 atom stereocenters. The molecule has 8 bridgehead atoms. The van der Waals surface area contributed by atoms with Gasteiger partial charge < -0.3 is 5.32 Å². The molecule has 0 aromatic heterocycles. The third kappa shape index (κ3) is 2.18. The molecule has 0 saturated heterocycles. The largest absolute Gasteiger partial charge is 0.350 e. The molecular weight excluding hydrogens is 306 g/mol. The van der Waals surface area contributed by atoms with Crippen LogP contribution >= 0.6 is 0 Å². The van der Waals surface area contributed by atoms with Crippen LogP contribution in [0.5, 0.6) is 0 Å². The highest BCUT2D eigenvalue weighted by Crippen LogP contribution is 2.70. The van der Waals surface area contributed by atoms with Gasteiger partial charge in [-0.3, -0.25) is 4.79 Å². The number of hydrogen-bond acceptors (Lipinski definition) is 1. The van der Waals surface area contributed by atoms with Gasteiger partial charge in [0.2, 0.25) is 5.91 Å². The Kier molecular flexibility index (Phi) is 2.78. The molecule has 0 aromatic rings. The molecule has 2 unspecified atom stereocenters. The molecule has 8 saturated carbocycles. The highest BCUT2D eigenvalue weighted by atomic mass is 16.2. The number of carbonyl (C=O) groups is 1. The van der Waals surface area contributed by atoms with Gasteiger partial charge in [-0.2, -0.15) is 0 Å². The van der Waals surface area contributed by atoms with Crippen molar-refractivity contribution in [3.05, 3.63) is 0 Å². The standard InChI is InChI=1S/C23H35NO/c1-20-6-18-7-21(2,12-20)14-22(8-18,13-20)19(25)24-23-9-15-3-16(10-23)5-17(4-15)11-23/h15-18H,3-14H2,1-2H3,(H,24,25). The van der Waals surface area contributed by atoms with E-state index in [2.05, 4.69) is 19.2 Å². The second-order valence-corrected chi connectivity index (χ2v) is 12.6. The smallest absolute Gasteiger partial charge is 0.226 e. The number of carbonyl (C=O) groups excluding carboxylic acids is 1. The Morgan fingerprint density at radius 2 is 1.24 bits per heavy atom. The molecule has 2 nitrogen and oxygen atoms in total. The highest BCUT2D eigenvalue weighted by molar-refractivity contribution is 5.84. The maximum absolute atomic E-state index is 13.8. The van der Waals surface area contributed by atoms with Crippen LogP contribution in [-0.2, 0) is 4.79 Å². The van der Waals surface area contributed by atoms with Crippen molar-refractivity contribution in [2.45, 2.75) is 96.4 Å². The first kappa shape index (κ1) is 15.5. The molecule has 1 amide bonds. The third-order valence-corrected chi connectivity index (χ3v) is 9.52. The van der Waals surface area contributed by atoms with Crippen molar-refractivity contribution in [3.8, 4) is 0 Å². The lowest BCUT2D eigenvalue weighted by Crippen LogP contribution is -2.65. The van der Waals surface area contributed by atoms with E-state index in [-0.39, 0.29) is 11.0 Å². The molecule has 0 spiro atoms. The molecule has 8 rings (SSSR count). The molecule has 8 aliphatic carbocycles. The fraction of sp³-hybridized carbons (Fsp3) is 0.957. The Balaban J connectivity index is 1.29. The molecule has 0 radical (unpaired) electrons. The minimum absolute atomic E-state index is 0.0216. The van der Waals surface area contributed by atoms with Gasteiger partial charge in [0.15, 0.2) is 0 Å². The van der Waals surface area contributed by atoms with Crippen molar-refractivity contribution in [2.24, 2.45) is 39.9 Å². The van der Waals surface area contributed by atoms with Crippen LogP contribution in [0.1, 0.15) is 90.9 Å². The zero-order chi connectivity index (χ0) is 17.1. The van der Waals surface area contributed by atoms with Crippen LogP contribution in [0.25, 0.3) is 0 Å². The summed E-state index contributed by atoms with van der Waals surface area (Å²) in [4.78, 5) is 13.8. The molecule has 8 fully saturated rings. The number of hydrogen-bond donors (Lipinski definition) is 1. The fourth-order valence-electron chi connectivity index (χ4n) is 10.3. The summed E-state index contributed by atoms with van der Waals surface area (Å²) in [6.07, 6.45) is 15.9. The molecule has 138 valence electrons. The maximum Gasteiger partial charge on any atom is 0.226 e. The van der Waals surface area contributed by atoms with Gasteiger partial charge in [0, 0.05) is 5.54 Å². The average molecular weight is 342 g/mol. The molecule has 0 aliphatic heterocycles. The Morgan fingerprint density at radius 3 is 1.72 bits per heavy atom. The second-order valence-electron chi connectivity index (χ2n) is 12.6. The average Bonchev–Trinajstić information content (AvgIpc) is 2.40. The highest BCUT2D eigenvalue weighted by Gasteiger charge is 2.63. The molecule has 2 heteroatoms. The van der Waals surface area contributed by atoms with E-state index >= 15 is 0 Å². The summed E-state index contributed by atoms with van der Waals surface area (Å²) in [6.45, 7) is 4.98. The first-order chi connectivity index (χ1) is 11.8. The van der Waals surface area contributed by atoms with E-state index in [1.54, 1.807) is 0 Å². The van der Waals surface area contributed by atoms with E-state index in [1.807, 2.05) is 0 Å². The van der Waals surface area contributed by atoms with Crippen molar-refractivity contribution in [1.29, 1.82) is 0 Å². The van der Waals surface area contributed by atoms with E-state index in [4.69, 9.17) is 0 Å². The van der Waals surface area contributed by atoms with E-state index in [9.17, 15) is 4.79 Å². The van der Waals surface area contributed by atoms with Gasteiger partial charge in [-0.05, 0) is 112 Å². The molecule has 0 heterocycles. The molecular formula is C23H35NO. The van der Waals surface area contributed by atoms with Gasteiger partial charge in [-0.15, -0.1) is 0 Å². The van der Waals surface area contributed by atoms with Crippen molar-refractivity contribution >= 4 is 5.91 Å². The summed E-state index contributed by atoms with van der Waals surface area (Å²) >= 11 is 0. The zero-order valence-corrected chi connectivity index (χ0v) is 16.2. The van der Waals surface area contributed by atoms with Crippen LogP contribution < -0.4 is 5.32 Å². The van der Waals surface area contributed by atoms with E-state index < -0.39 is 0 Å². The van der Waals surface area contributed by atoms with Crippen LogP contribution in [0.4, 0.5) is 0 Å². The summed E-state index contributed by atoms with van der Waals surface area (Å²) in [6, 6.07) is 0. The summed E-state index contributed by atoms with van der Waals surface area (Å²) in [5.41, 5.74) is 1.04. The maximum atomic E-state index is 13.8. The lowest BCUT2D eigenvalue weighted by Gasteiger charge is -2.65. The summed E-state index contributed by atoms with van der Waals surface area (Å²) < 4.78 is 0. The first-order valence-corrected chi connectivity index (χ1v) is 11.1. The van der Waals surface area contributed by atoms with E-state index in [0.29, 0.717) is 16.7 Å². The lowest BCUT2D eigenvalue weighted by molar-refractivity contribution is -0.174. The van der Waals surface area contributed by atoms with Gasteiger partial charge in [0.25, 0.3) is 0 Å². The SMILES string of the molecule is CC12CC3CC(C)(C1)CC(C(=O)NC14CC5CC(CC(C5)C1)C4)(C3)C2. The predicted molar refractivity (Wildman–Crippen MR) is 98.9 cm³/mol. The van der Waals surface area contributed by atoms with Gasteiger partial charge in [-0.25, -0.2) is 0 Å². The topological polar surface area (TPSA) is 29.1 Å². The van der Waals surface area contributed by atoms with Gasteiger partial charge in [-0.1, -0.05) is 13.8 Å². The normalized spacial score (nSPS) is 60.9. The monoisotopic (exact) mass is 341 g/mol. The fourth-order valence-corrected chi connectivity index (χ4v) is 10.3. The van der Waals surface area contributed by atoms with E-state index in [0.717, 1.165) is 23.7 Å². The summed E-state index contributed by atoms with van der Waals surface area (Å²) in [7, 11) is 0. The molecule has 1 N–H and O–H groups in total. The van der Waals surface area contributed by atoms with Crippen molar-refractivity contribution in [2.75, 3.05) is 0 Å². The number of rotatable bonds is 2. The minimum Gasteiger partial charge on any atom is -0.350 e. The Labute approximate surface area is 152 Å². The van der Waals surface area contributed by atoms with E-state index in [1.165, 1.54) is 77.0 Å². The Hall–Kier alpha value is -0.530. The second kappa shape index (κ2) is 4.47. The Bertz CT molecular complexity index is 583. The van der Waals surface area contributed by atoms with Crippen molar-refractivity contribution in [1.82, 2.24) is 5.32 Å². The lowest BCUT2D eigenvalue weighted by atomic mass is 9.40. The summed E-state index contributed by atoms with van der Waals surface area (Å²) in [5.74, 6) is 4.04. The number of amides is 1. The van der Waals surface area contributed by atoms with Crippen molar-refractivity contribution in [3.63, 3.8) is 0 Å². The number of nitrogens with one attached hydrogen (secondary N) is 1. The van der Waals surface area contributed by atoms with Crippen LogP contribution in [0.15, 0.2) is 0 Å². The quantitative estimate of drug-likeness (QED) is 0.746. The van der Waals surface area contributed by atoms with Gasteiger partial charge in [0.1, 0.15) is 0 Å². The van der Waals surface area contributed by atoms with Crippen molar-refractivity contribution < 1.29 is 4.79 Å². The molecule has 25 heavy (non-hydrogen) atoms. The van der Waals surface area contributed by atoms with Crippen LogP contribution in [0.2, 0.25) is 0 Å². The predicted octanol–water partition coefficient (Wildman–Crippen LogP) is 5.07. The van der Waals surface area contributed by atoms with Crippen LogP contribution in [0.3, 0.4) is 0 Å². The van der Waals surface area contributed by atoms with Gasteiger partial charge >= 0.3 is 0 Å². The van der Waals surface area contributed by atoms with Crippen LogP contribution in [0, 0.1) is 39.9 Å². The zero-order valence-electron chi connectivity index (χ0n) is 16.2. The Morgan fingerprint density at radius 1 is 0.720 bits per heavy atom. The summed E-state index contributed by atoms with van der Waals surface area (Å²) in [5, 5.41) is 3.78. The molecule has 8 aliphatic rings. The third-order valence-electron chi connectivity index (χ3n) is 9.52. The first-order valence-electron chi connectivity index (χ1n) is 11.1. The minimum atomic E-state index is -0.0216. The van der Waals surface area contributed by atoms with Gasteiger partial charge in [0.05, 0.1) is 5.41 Å². The van der Waals surface area contributed by atoms with Crippen LogP contribution in [-0.4, -0.2) is 11.4 Å².